The van der Waals surface area contributed by atoms with Gasteiger partial charge < -0.3 is 25.1 Å². The number of amides is 2. The molecule has 3 heterocycles. The van der Waals surface area contributed by atoms with Crippen molar-refractivity contribution in [3.8, 4) is 22.5 Å². The smallest absolute Gasteiger partial charge is 0.319 e. The number of rotatable bonds is 5. The zero-order valence-corrected chi connectivity index (χ0v) is 19.3. The molecule has 184 valence electrons. The van der Waals surface area contributed by atoms with E-state index in [1.165, 1.54) is 36.4 Å². The van der Waals surface area contributed by atoms with Crippen LogP contribution in [0.4, 0.5) is 19.3 Å². The molecule has 0 saturated carbocycles. The Kier molecular flexibility index (Phi) is 6.45. The second-order valence-corrected chi connectivity index (χ2v) is 8.69. The molecule has 1 saturated heterocycles. The molecule has 0 atom stereocenters. The zero-order valence-electron chi connectivity index (χ0n) is 19.3. The number of carbonyl (C=O) groups is 1. The highest BCUT2D eigenvalue weighted by Gasteiger charge is 2.36. The van der Waals surface area contributed by atoms with Crippen LogP contribution in [0.1, 0.15) is 19.0 Å². The van der Waals surface area contributed by atoms with Crippen molar-refractivity contribution >= 4 is 11.7 Å². The lowest BCUT2D eigenvalue weighted by Crippen LogP contribution is -2.56. The fraction of sp³-hybridized carbons (Fsp3) is 0.192. The number of nitrogens with zero attached hydrogens (tertiary/aromatic N) is 2. The summed E-state index contributed by atoms with van der Waals surface area (Å²) in [7, 11) is 0. The SMILES string of the molecule is CC1(NC(=O)Nc2ccc(F)cc2)COC(c2nc(-c3ccc(F)cc3)c(-c3ccncc3)[nH]2)OC1. The molecule has 2 aromatic carbocycles. The monoisotopic (exact) mass is 491 g/mol. The van der Waals surface area contributed by atoms with E-state index in [4.69, 9.17) is 14.5 Å². The van der Waals surface area contributed by atoms with Crippen molar-refractivity contribution in [2.24, 2.45) is 0 Å². The van der Waals surface area contributed by atoms with Gasteiger partial charge in [0.1, 0.15) is 11.6 Å². The molecular formula is C26H23F2N5O3. The minimum Gasteiger partial charge on any atom is -0.343 e. The van der Waals surface area contributed by atoms with Crippen molar-refractivity contribution < 1.29 is 23.0 Å². The summed E-state index contributed by atoms with van der Waals surface area (Å²) in [6.07, 6.45) is 2.55. The van der Waals surface area contributed by atoms with Crippen LogP contribution in [0.5, 0.6) is 0 Å². The average molecular weight is 491 g/mol. The standard InChI is InChI=1S/C26H23F2N5O3/c1-26(33-25(34)30-20-8-6-19(28)7-9-20)14-35-24(36-15-26)23-31-21(16-2-4-18(27)5-3-16)22(32-23)17-10-12-29-13-11-17/h2-13,24H,14-15H2,1H3,(H,31,32)(H2,30,33,34). The summed E-state index contributed by atoms with van der Waals surface area (Å²) in [5.74, 6) is -0.284. The fourth-order valence-corrected chi connectivity index (χ4v) is 3.86. The lowest BCUT2D eigenvalue weighted by molar-refractivity contribution is -0.215. The fourth-order valence-electron chi connectivity index (χ4n) is 3.86. The number of urea groups is 1. The maximum absolute atomic E-state index is 13.5. The molecule has 36 heavy (non-hydrogen) atoms. The molecule has 1 aliphatic rings. The second kappa shape index (κ2) is 9.84. The van der Waals surface area contributed by atoms with E-state index in [1.54, 1.807) is 31.5 Å². The summed E-state index contributed by atoms with van der Waals surface area (Å²) in [4.78, 5) is 24.5. The Hall–Kier alpha value is -4.15. The van der Waals surface area contributed by atoms with Gasteiger partial charge in [0.15, 0.2) is 5.82 Å². The van der Waals surface area contributed by atoms with Crippen LogP contribution < -0.4 is 10.6 Å². The molecule has 5 rings (SSSR count). The number of nitrogens with one attached hydrogen (secondary N) is 3. The van der Waals surface area contributed by atoms with Crippen LogP contribution in [0.2, 0.25) is 0 Å². The minimum absolute atomic E-state index is 0.158. The molecule has 1 fully saturated rings. The molecule has 4 aromatic rings. The lowest BCUT2D eigenvalue weighted by atomic mass is 10.0. The number of pyridine rings is 1. The summed E-state index contributed by atoms with van der Waals surface area (Å²) >= 11 is 0. The number of hydrogen-bond donors (Lipinski definition) is 3. The van der Waals surface area contributed by atoms with Gasteiger partial charge in [0, 0.05) is 29.2 Å². The van der Waals surface area contributed by atoms with Gasteiger partial charge in [0.2, 0.25) is 6.29 Å². The van der Waals surface area contributed by atoms with E-state index in [2.05, 4.69) is 20.6 Å². The average Bonchev–Trinajstić information content (AvgIpc) is 3.32. The van der Waals surface area contributed by atoms with Gasteiger partial charge in [-0.25, -0.2) is 18.6 Å². The Labute approximate surface area is 205 Å². The molecule has 0 radical (unpaired) electrons. The first kappa shape index (κ1) is 23.6. The first-order chi connectivity index (χ1) is 17.4. The third-order valence-electron chi connectivity index (χ3n) is 5.66. The number of carbonyl (C=O) groups excluding carboxylic acids is 1. The quantitative estimate of drug-likeness (QED) is 0.363. The van der Waals surface area contributed by atoms with Gasteiger partial charge in [-0.3, -0.25) is 4.98 Å². The highest BCUT2D eigenvalue weighted by atomic mass is 19.1. The molecule has 3 N–H and O–H groups in total. The maximum Gasteiger partial charge on any atom is 0.319 e. The number of anilines is 1. The number of halogens is 2. The Morgan fingerprint density at radius 2 is 1.56 bits per heavy atom. The molecule has 0 aliphatic carbocycles. The summed E-state index contributed by atoms with van der Waals surface area (Å²) in [6.45, 7) is 2.11. The van der Waals surface area contributed by atoms with Gasteiger partial charge >= 0.3 is 6.03 Å². The zero-order chi connectivity index (χ0) is 25.1. The summed E-state index contributed by atoms with van der Waals surface area (Å²) in [5.41, 5.74) is 2.57. The molecule has 1 aliphatic heterocycles. The third-order valence-corrected chi connectivity index (χ3v) is 5.66. The number of hydrogen-bond acceptors (Lipinski definition) is 5. The number of benzene rings is 2. The van der Waals surface area contributed by atoms with E-state index in [9.17, 15) is 13.6 Å². The molecule has 2 aromatic heterocycles. The van der Waals surface area contributed by atoms with Crippen LogP contribution in [0.15, 0.2) is 73.1 Å². The van der Waals surface area contributed by atoms with Gasteiger partial charge in [-0.2, -0.15) is 0 Å². The maximum atomic E-state index is 13.5. The van der Waals surface area contributed by atoms with Crippen LogP contribution in [-0.2, 0) is 9.47 Å². The number of H-pyrrole nitrogens is 1. The Bertz CT molecular complexity index is 1340. The van der Waals surface area contributed by atoms with Crippen molar-refractivity contribution in [2.75, 3.05) is 18.5 Å². The number of aromatic nitrogens is 3. The van der Waals surface area contributed by atoms with Gasteiger partial charge in [-0.15, -0.1) is 0 Å². The van der Waals surface area contributed by atoms with Crippen LogP contribution in [0, 0.1) is 11.6 Å². The number of aromatic amines is 1. The summed E-state index contributed by atoms with van der Waals surface area (Å²) in [6, 6.07) is 14.7. The van der Waals surface area contributed by atoms with E-state index in [0.29, 0.717) is 17.2 Å². The van der Waals surface area contributed by atoms with E-state index in [-0.39, 0.29) is 24.8 Å². The molecule has 8 nitrogen and oxygen atoms in total. The van der Waals surface area contributed by atoms with Crippen molar-refractivity contribution in [2.45, 2.75) is 18.8 Å². The normalized spacial score (nSPS) is 19.6. The predicted molar refractivity (Wildman–Crippen MR) is 129 cm³/mol. The minimum atomic E-state index is -0.805. The highest BCUT2D eigenvalue weighted by Crippen LogP contribution is 2.34. The van der Waals surface area contributed by atoms with Crippen LogP contribution >= 0.6 is 0 Å². The molecule has 0 spiro atoms. The van der Waals surface area contributed by atoms with Crippen LogP contribution in [0.25, 0.3) is 22.5 Å². The Morgan fingerprint density at radius 3 is 2.19 bits per heavy atom. The van der Waals surface area contributed by atoms with Gasteiger partial charge in [0.25, 0.3) is 0 Å². The molecule has 10 heteroatoms. The van der Waals surface area contributed by atoms with Crippen molar-refractivity contribution in [1.82, 2.24) is 20.3 Å². The van der Waals surface area contributed by atoms with E-state index in [0.717, 1.165) is 16.8 Å². The third kappa shape index (κ3) is 5.24. The lowest BCUT2D eigenvalue weighted by Gasteiger charge is -2.37. The van der Waals surface area contributed by atoms with E-state index < -0.39 is 17.9 Å². The Balaban J connectivity index is 1.30. The first-order valence-electron chi connectivity index (χ1n) is 11.2. The van der Waals surface area contributed by atoms with E-state index in [1.807, 2.05) is 12.1 Å². The van der Waals surface area contributed by atoms with Crippen molar-refractivity contribution in [1.29, 1.82) is 0 Å². The summed E-state index contributed by atoms with van der Waals surface area (Å²) < 4.78 is 38.4. The van der Waals surface area contributed by atoms with Crippen LogP contribution in [-0.4, -0.2) is 39.7 Å². The molecular weight excluding hydrogens is 468 g/mol. The molecule has 2 amide bonds. The van der Waals surface area contributed by atoms with Crippen LogP contribution in [0.3, 0.4) is 0 Å². The predicted octanol–water partition coefficient (Wildman–Crippen LogP) is 5.04. The van der Waals surface area contributed by atoms with Gasteiger partial charge in [-0.1, -0.05) is 0 Å². The molecule has 0 bridgehead atoms. The Morgan fingerprint density at radius 1 is 0.944 bits per heavy atom. The topological polar surface area (TPSA) is 101 Å². The van der Waals surface area contributed by atoms with Gasteiger partial charge in [0.05, 0.1) is 30.1 Å². The van der Waals surface area contributed by atoms with E-state index >= 15 is 0 Å². The molecule has 0 unspecified atom stereocenters. The largest absolute Gasteiger partial charge is 0.343 e. The number of imidazole rings is 1. The first-order valence-corrected chi connectivity index (χ1v) is 11.2. The van der Waals surface area contributed by atoms with Crippen molar-refractivity contribution in [3.05, 3.63) is 90.5 Å². The summed E-state index contributed by atoms with van der Waals surface area (Å²) in [5, 5.41) is 5.49. The van der Waals surface area contributed by atoms with Gasteiger partial charge in [-0.05, 0) is 67.6 Å². The van der Waals surface area contributed by atoms with Crippen molar-refractivity contribution in [3.63, 3.8) is 0 Å². The highest BCUT2D eigenvalue weighted by molar-refractivity contribution is 5.89. The second-order valence-electron chi connectivity index (χ2n) is 8.69. The number of ether oxygens (including phenoxy) is 2.